The molecule has 0 aliphatic rings. The van der Waals surface area contributed by atoms with Crippen LogP contribution in [0.1, 0.15) is 11.1 Å². The van der Waals surface area contributed by atoms with Gasteiger partial charge in [0.05, 0.1) is 22.7 Å². The van der Waals surface area contributed by atoms with Gasteiger partial charge in [-0.2, -0.15) is 5.26 Å². The van der Waals surface area contributed by atoms with E-state index >= 15 is 0 Å². The quantitative estimate of drug-likeness (QED) is 0.730. The van der Waals surface area contributed by atoms with E-state index in [1.54, 1.807) is 23.9 Å². The van der Waals surface area contributed by atoms with Crippen LogP contribution in [0.2, 0.25) is 5.02 Å². The van der Waals surface area contributed by atoms with Crippen LogP contribution < -0.4 is 0 Å². The lowest BCUT2D eigenvalue weighted by molar-refractivity contribution is 1.08. The van der Waals surface area contributed by atoms with Gasteiger partial charge in [0.25, 0.3) is 0 Å². The number of halogens is 1. The molecule has 0 unspecified atom stereocenters. The van der Waals surface area contributed by atoms with Crippen molar-refractivity contribution in [3.63, 3.8) is 0 Å². The Kier molecular flexibility index (Phi) is 3.64. The largest absolute Gasteiger partial charge is 0.333 e. The van der Waals surface area contributed by atoms with Gasteiger partial charge in [-0.1, -0.05) is 41.6 Å². The molecule has 2 aromatic carbocycles. The first-order chi connectivity index (χ1) is 9.76. The third-order valence-corrected chi connectivity index (χ3v) is 4.19. The first-order valence-electron chi connectivity index (χ1n) is 6.02. The number of imidazole rings is 1. The Labute approximate surface area is 125 Å². The summed E-state index contributed by atoms with van der Waals surface area (Å²) >= 11 is 7.75. The lowest BCUT2D eigenvalue weighted by Crippen LogP contribution is -1.85. The fraction of sp³-hybridized carbons (Fsp3) is 0.0667. The van der Waals surface area contributed by atoms with Crippen LogP contribution in [-0.4, -0.2) is 9.97 Å². The molecule has 1 N–H and O–H groups in total. The minimum atomic E-state index is 0.576. The number of hydrogen-bond donors (Lipinski definition) is 1. The van der Waals surface area contributed by atoms with Crippen LogP contribution in [0.4, 0.5) is 0 Å². The highest BCUT2D eigenvalue weighted by molar-refractivity contribution is 7.98. The van der Waals surface area contributed by atoms with Crippen molar-refractivity contribution in [2.24, 2.45) is 0 Å². The van der Waals surface area contributed by atoms with Gasteiger partial charge in [-0.15, -0.1) is 0 Å². The summed E-state index contributed by atoms with van der Waals surface area (Å²) in [7, 11) is 0. The number of nitriles is 1. The van der Waals surface area contributed by atoms with Gasteiger partial charge in [-0.25, -0.2) is 4.98 Å². The van der Waals surface area contributed by atoms with Crippen LogP contribution in [0.25, 0.3) is 11.0 Å². The van der Waals surface area contributed by atoms with Gasteiger partial charge in [0.15, 0.2) is 5.16 Å². The molecule has 0 spiro atoms. The molecule has 0 atom stereocenters. The van der Waals surface area contributed by atoms with Crippen LogP contribution in [0, 0.1) is 11.3 Å². The molecule has 0 aliphatic heterocycles. The lowest BCUT2D eigenvalue weighted by atomic mass is 10.2. The summed E-state index contributed by atoms with van der Waals surface area (Å²) in [6.07, 6.45) is 0. The van der Waals surface area contributed by atoms with E-state index in [1.807, 2.05) is 30.3 Å². The number of aromatic amines is 1. The van der Waals surface area contributed by atoms with Crippen LogP contribution in [-0.2, 0) is 5.75 Å². The van der Waals surface area contributed by atoms with Gasteiger partial charge in [0.2, 0.25) is 0 Å². The predicted molar refractivity (Wildman–Crippen MR) is 81.8 cm³/mol. The minimum Gasteiger partial charge on any atom is -0.333 e. The van der Waals surface area contributed by atoms with Crippen molar-refractivity contribution in [2.45, 2.75) is 10.9 Å². The summed E-state index contributed by atoms with van der Waals surface area (Å²) < 4.78 is 0. The Morgan fingerprint density at radius 3 is 2.85 bits per heavy atom. The molecule has 0 saturated heterocycles. The molecule has 1 aromatic heterocycles. The summed E-state index contributed by atoms with van der Waals surface area (Å²) in [4.78, 5) is 7.77. The topological polar surface area (TPSA) is 52.5 Å². The molecular weight excluding hydrogens is 290 g/mol. The highest BCUT2D eigenvalue weighted by Crippen LogP contribution is 2.27. The average molecular weight is 300 g/mol. The third-order valence-electron chi connectivity index (χ3n) is 2.91. The van der Waals surface area contributed by atoms with Crippen molar-refractivity contribution >= 4 is 34.4 Å². The van der Waals surface area contributed by atoms with E-state index in [-0.39, 0.29) is 0 Å². The fourth-order valence-electron chi connectivity index (χ4n) is 1.88. The van der Waals surface area contributed by atoms with Gasteiger partial charge in [-0.05, 0) is 29.8 Å². The van der Waals surface area contributed by atoms with Crippen molar-refractivity contribution in [1.82, 2.24) is 9.97 Å². The molecule has 3 nitrogen and oxygen atoms in total. The lowest BCUT2D eigenvalue weighted by Gasteiger charge is -2.02. The number of H-pyrrole nitrogens is 1. The van der Waals surface area contributed by atoms with Crippen LogP contribution >= 0.6 is 23.4 Å². The number of thioether (sulfide) groups is 1. The first-order valence-corrected chi connectivity index (χ1v) is 7.39. The first kappa shape index (κ1) is 13.0. The molecule has 0 amide bonds. The summed E-state index contributed by atoms with van der Waals surface area (Å²) in [6.45, 7) is 0. The SMILES string of the molecule is N#Cc1ccc(CSc2nc3ccccc3[nH]2)c(Cl)c1. The molecule has 0 bridgehead atoms. The van der Waals surface area contributed by atoms with E-state index in [0.717, 1.165) is 21.8 Å². The third kappa shape index (κ3) is 2.64. The standard InChI is InChI=1S/C15H10ClN3S/c16-12-7-10(8-17)5-6-11(12)9-20-15-18-13-3-1-2-4-14(13)19-15/h1-7H,9H2,(H,18,19). The van der Waals surface area contributed by atoms with Crippen LogP contribution in [0.3, 0.4) is 0 Å². The molecule has 3 aromatic rings. The van der Waals surface area contributed by atoms with Crippen molar-refractivity contribution in [3.05, 3.63) is 58.6 Å². The average Bonchev–Trinajstić information content (AvgIpc) is 2.88. The second-order valence-corrected chi connectivity index (χ2v) is 5.64. The van der Waals surface area contributed by atoms with Gasteiger partial charge in [-0.3, -0.25) is 0 Å². The van der Waals surface area contributed by atoms with Gasteiger partial charge < -0.3 is 4.98 Å². The summed E-state index contributed by atoms with van der Waals surface area (Å²) in [6, 6.07) is 15.4. The van der Waals surface area contributed by atoms with Crippen molar-refractivity contribution in [3.8, 4) is 6.07 Å². The smallest absolute Gasteiger partial charge is 0.166 e. The monoisotopic (exact) mass is 299 g/mol. The summed E-state index contributed by atoms with van der Waals surface area (Å²) in [5, 5.41) is 10.3. The van der Waals surface area contributed by atoms with E-state index in [4.69, 9.17) is 16.9 Å². The maximum absolute atomic E-state index is 8.81. The molecular formula is C15H10ClN3S. The summed E-state index contributed by atoms with van der Waals surface area (Å²) in [5.41, 5.74) is 3.56. The molecule has 3 rings (SSSR count). The number of rotatable bonds is 3. The predicted octanol–water partition coefficient (Wildman–Crippen LogP) is 4.38. The van der Waals surface area contributed by atoms with Gasteiger partial charge in [0.1, 0.15) is 0 Å². The maximum Gasteiger partial charge on any atom is 0.166 e. The van der Waals surface area contributed by atoms with Crippen LogP contribution in [0.15, 0.2) is 47.6 Å². The normalized spacial score (nSPS) is 10.6. The van der Waals surface area contributed by atoms with E-state index in [1.165, 1.54) is 0 Å². The number of nitrogens with zero attached hydrogens (tertiary/aromatic N) is 2. The highest BCUT2D eigenvalue weighted by atomic mass is 35.5. The van der Waals surface area contributed by atoms with Crippen molar-refractivity contribution < 1.29 is 0 Å². The number of benzene rings is 2. The fourth-order valence-corrected chi connectivity index (χ4v) is 3.09. The number of aromatic nitrogens is 2. The second-order valence-electron chi connectivity index (χ2n) is 4.27. The number of nitrogens with one attached hydrogen (secondary N) is 1. The molecule has 5 heteroatoms. The Bertz CT molecular complexity index is 771. The second kappa shape index (κ2) is 5.58. The Morgan fingerprint density at radius 2 is 2.10 bits per heavy atom. The zero-order valence-electron chi connectivity index (χ0n) is 10.4. The molecule has 0 aliphatic carbocycles. The van der Waals surface area contributed by atoms with Gasteiger partial charge in [0, 0.05) is 10.8 Å². The molecule has 0 saturated carbocycles. The molecule has 0 fully saturated rings. The Morgan fingerprint density at radius 1 is 1.25 bits per heavy atom. The Hall–Kier alpha value is -1.96. The van der Waals surface area contributed by atoms with Crippen LogP contribution in [0.5, 0.6) is 0 Å². The van der Waals surface area contributed by atoms with Crippen molar-refractivity contribution in [2.75, 3.05) is 0 Å². The van der Waals surface area contributed by atoms with Gasteiger partial charge >= 0.3 is 0 Å². The number of fused-ring (bicyclic) bond motifs is 1. The van der Waals surface area contributed by atoms with E-state index < -0.39 is 0 Å². The minimum absolute atomic E-state index is 0.576. The number of para-hydroxylation sites is 2. The summed E-state index contributed by atoms with van der Waals surface area (Å²) in [5.74, 6) is 0.713. The zero-order chi connectivity index (χ0) is 13.9. The molecule has 0 radical (unpaired) electrons. The van der Waals surface area contributed by atoms with E-state index in [2.05, 4.69) is 16.0 Å². The number of hydrogen-bond acceptors (Lipinski definition) is 3. The van der Waals surface area contributed by atoms with E-state index in [9.17, 15) is 0 Å². The highest BCUT2D eigenvalue weighted by Gasteiger charge is 2.06. The maximum atomic E-state index is 8.81. The molecule has 1 heterocycles. The van der Waals surface area contributed by atoms with E-state index in [0.29, 0.717) is 16.3 Å². The zero-order valence-corrected chi connectivity index (χ0v) is 12.0. The Balaban J connectivity index is 1.77. The molecule has 20 heavy (non-hydrogen) atoms. The van der Waals surface area contributed by atoms with Crippen molar-refractivity contribution in [1.29, 1.82) is 5.26 Å². The molecule has 98 valence electrons.